The Kier molecular flexibility index (Phi) is 22.6. The number of carbonyl (C=O) groups excluding carboxylic acids is 8. The van der Waals surface area contributed by atoms with Crippen LogP contribution in [-0.4, -0.2) is 106 Å². The largest absolute Gasteiger partial charge is 1.00 e. The second kappa shape index (κ2) is 24.4. The SMILES string of the molecule is CC1(CCC(=O)CC(CCC(N)=O)C(=O)CCC(=O)O)N=N1.CC1(CCC(=O)ON2C(=O)CC(S(=O)[O-])C2=O)N=N1.NC(=O)CCC(N)C(=O)CCC(=O)O.[Na+]. The van der Waals surface area contributed by atoms with E-state index in [1.54, 1.807) is 6.92 Å². The summed E-state index contributed by atoms with van der Waals surface area (Å²) in [7, 11) is 0. The molecule has 1 saturated heterocycles. The van der Waals surface area contributed by atoms with E-state index in [4.69, 9.17) is 27.4 Å². The number of rotatable bonds is 24. The molecule has 0 saturated carbocycles. The smallest absolute Gasteiger partial charge is 0.772 e. The molecule has 0 aromatic heterocycles. The quantitative estimate of drug-likeness (QED) is 0.0361. The second-order valence-electron chi connectivity index (χ2n) is 13.1. The number of nitrogens with two attached hydrogens (primary N) is 3. The Morgan fingerprint density at radius 1 is 0.804 bits per heavy atom. The number of Topliss-reactive ketones (excluding diaryl/α,β-unsaturated/α-hetero) is 3. The first-order valence-electron chi connectivity index (χ1n) is 16.8. The molecule has 8 N–H and O–H groups in total. The van der Waals surface area contributed by atoms with Gasteiger partial charge in [-0.15, -0.1) is 5.06 Å². The van der Waals surface area contributed by atoms with Crippen molar-refractivity contribution in [2.75, 3.05) is 0 Å². The van der Waals surface area contributed by atoms with E-state index < -0.39 is 87.6 Å². The molecular weight excluding hydrogens is 779 g/mol. The van der Waals surface area contributed by atoms with Crippen LogP contribution in [0.25, 0.3) is 0 Å². The van der Waals surface area contributed by atoms with E-state index in [-0.39, 0.29) is 123 Å². The van der Waals surface area contributed by atoms with Crippen molar-refractivity contribution in [3.05, 3.63) is 0 Å². The first-order chi connectivity index (χ1) is 25.5. The number of hydrogen-bond acceptors (Lipinski definition) is 18. The van der Waals surface area contributed by atoms with Crippen molar-refractivity contribution in [1.29, 1.82) is 0 Å². The summed E-state index contributed by atoms with van der Waals surface area (Å²) in [6, 6.07) is -0.790. The fraction of sp³-hybridized carbons (Fsp3) is 0.677. The number of carboxylic acid groups (broad SMARTS) is 2. The Hall–Kier alpha value is -4.23. The van der Waals surface area contributed by atoms with E-state index in [1.165, 1.54) is 0 Å². The molecule has 4 atom stereocenters. The zero-order chi connectivity index (χ0) is 42.1. The van der Waals surface area contributed by atoms with Crippen LogP contribution in [0.1, 0.15) is 104 Å². The monoisotopic (exact) mass is 824 g/mol. The van der Waals surface area contributed by atoms with Crippen LogP contribution in [0.2, 0.25) is 0 Å². The minimum Gasteiger partial charge on any atom is -0.772 e. The van der Waals surface area contributed by atoms with E-state index >= 15 is 0 Å². The summed E-state index contributed by atoms with van der Waals surface area (Å²) in [5.74, 6) is -7.32. The maximum absolute atomic E-state index is 12.0. The number of primary amides is 2. The van der Waals surface area contributed by atoms with Crippen LogP contribution < -0.4 is 46.8 Å². The zero-order valence-electron chi connectivity index (χ0n) is 31.2. The number of carbonyl (C=O) groups is 10. The Morgan fingerprint density at radius 2 is 1.27 bits per heavy atom. The van der Waals surface area contributed by atoms with Gasteiger partial charge in [0.15, 0.2) is 11.3 Å². The Morgan fingerprint density at radius 3 is 1.70 bits per heavy atom. The third-order valence-corrected chi connectivity index (χ3v) is 8.84. The maximum atomic E-state index is 12.0. The molecule has 3 rings (SSSR count). The summed E-state index contributed by atoms with van der Waals surface area (Å²) in [6.07, 6.45) is 0.0959. The van der Waals surface area contributed by atoms with Crippen LogP contribution in [0.3, 0.4) is 0 Å². The summed E-state index contributed by atoms with van der Waals surface area (Å²) in [6.45, 7) is 3.52. The van der Waals surface area contributed by atoms with Gasteiger partial charge in [0.1, 0.15) is 22.6 Å². The Balaban J connectivity index is 0.000000823. The molecule has 4 unspecified atom stereocenters. The van der Waals surface area contributed by atoms with Gasteiger partial charge in [-0.1, -0.05) is 0 Å². The van der Waals surface area contributed by atoms with Gasteiger partial charge in [-0.3, -0.25) is 47.4 Å². The molecule has 3 aliphatic rings. The Labute approximate surface area is 344 Å². The number of imide groups is 1. The minimum absolute atomic E-state index is 0. The average Bonchev–Trinajstić information content (AvgIpc) is 4.01. The van der Waals surface area contributed by atoms with Gasteiger partial charge >= 0.3 is 47.5 Å². The van der Waals surface area contributed by atoms with Gasteiger partial charge in [0.25, 0.3) is 11.8 Å². The number of amides is 4. The van der Waals surface area contributed by atoms with Crippen molar-refractivity contribution in [1.82, 2.24) is 5.06 Å². The molecule has 56 heavy (non-hydrogen) atoms. The van der Waals surface area contributed by atoms with Gasteiger partial charge < -0.3 is 36.8 Å². The molecular formula is C31H45N8NaO15S. The predicted octanol–water partition coefficient (Wildman–Crippen LogP) is -3.35. The molecule has 0 aromatic carbocycles. The van der Waals surface area contributed by atoms with E-state index in [9.17, 15) is 56.7 Å². The van der Waals surface area contributed by atoms with Gasteiger partial charge in [0.2, 0.25) is 11.8 Å². The van der Waals surface area contributed by atoms with Crippen molar-refractivity contribution >= 4 is 70.0 Å². The predicted molar refractivity (Wildman–Crippen MR) is 182 cm³/mol. The summed E-state index contributed by atoms with van der Waals surface area (Å²) in [5.41, 5.74) is 14.3. The standard InChI is InChI=1S/C14H21N3O5.C9H11N3O6S.C8H14N2O4.Na/c1-14(16-17-14)7-6-10(18)8-9(2-4-12(15)20)11(19)3-5-13(21)22;1-9(10-11-9)3-2-7(14)18-12-6(13)4-5(8(12)15)19(16)17;9-5(1-3-7(10)12)6(11)2-4-8(13)14;/h9H,2-8H2,1H3,(H2,15,20)(H,21,22);5H,2-4H2,1H3,(H,16,17);5H,1-4,9H2,(H2,10,12)(H,13,14);/q;;;+1/p-1. The average molecular weight is 825 g/mol. The minimum atomic E-state index is -2.72. The summed E-state index contributed by atoms with van der Waals surface area (Å²) in [4.78, 5) is 116. The molecule has 23 nitrogen and oxygen atoms in total. The van der Waals surface area contributed by atoms with Crippen molar-refractivity contribution < 1.29 is 101 Å². The number of aliphatic carboxylic acids is 2. The summed E-state index contributed by atoms with van der Waals surface area (Å²) in [5, 5.41) is 30.6. The fourth-order valence-electron chi connectivity index (χ4n) is 4.44. The molecule has 3 heterocycles. The van der Waals surface area contributed by atoms with Crippen molar-refractivity contribution in [2.45, 2.75) is 126 Å². The third-order valence-electron chi connectivity index (χ3n) is 8.01. The maximum Gasteiger partial charge on any atom is 1.00 e. The molecule has 3 aliphatic heterocycles. The molecule has 0 aliphatic carbocycles. The van der Waals surface area contributed by atoms with Crippen LogP contribution in [0.5, 0.6) is 0 Å². The molecule has 1 fully saturated rings. The van der Waals surface area contributed by atoms with E-state index in [0.29, 0.717) is 12.8 Å². The third kappa shape index (κ3) is 21.8. The number of nitrogens with zero attached hydrogens (tertiary/aromatic N) is 5. The van der Waals surface area contributed by atoms with Crippen LogP contribution in [0.4, 0.5) is 0 Å². The van der Waals surface area contributed by atoms with Gasteiger partial charge in [-0.05, 0) is 37.8 Å². The molecule has 0 bridgehead atoms. The van der Waals surface area contributed by atoms with Crippen molar-refractivity contribution in [3.8, 4) is 0 Å². The molecule has 25 heteroatoms. The summed E-state index contributed by atoms with van der Waals surface area (Å²) < 4.78 is 21.4. The van der Waals surface area contributed by atoms with Gasteiger partial charge in [0.05, 0.1) is 31.7 Å². The van der Waals surface area contributed by atoms with Crippen molar-refractivity contribution in [3.63, 3.8) is 0 Å². The van der Waals surface area contributed by atoms with E-state index in [0.717, 1.165) is 0 Å². The molecule has 0 aromatic rings. The first kappa shape index (κ1) is 51.8. The van der Waals surface area contributed by atoms with Gasteiger partial charge in [-0.2, -0.15) is 20.5 Å². The van der Waals surface area contributed by atoms with Crippen LogP contribution in [0, 0.1) is 5.92 Å². The van der Waals surface area contributed by atoms with Gasteiger partial charge in [0, 0.05) is 57.3 Å². The fourth-order valence-corrected chi connectivity index (χ4v) is 4.98. The number of hydrogen-bond donors (Lipinski definition) is 5. The summed E-state index contributed by atoms with van der Waals surface area (Å²) >= 11 is -2.72. The van der Waals surface area contributed by atoms with Crippen LogP contribution in [0.15, 0.2) is 20.5 Å². The van der Waals surface area contributed by atoms with Crippen LogP contribution >= 0.6 is 0 Å². The Bertz CT molecular complexity index is 1600. The zero-order valence-corrected chi connectivity index (χ0v) is 34.0. The number of hydroxylamine groups is 2. The van der Waals surface area contributed by atoms with E-state index in [1.807, 2.05) is 6.92 Å². The van der Waals surface area contributed by atoms with Crippen LogP contribution in [-0.2, 0) is 63.9 Å². The topological polar surface area (TPSA) is 391 Å². The van der Waals surface area contributed by atoms with Crippen molar-refractivity contribution in [2.24, 2.45) is 43.6 Å². The van der Waals surface area contributed by atoms with Gasteiger partial charge in [-0.25, -0.2) is 4.79 Å². The normalized spacial score (nSPS) is 18.0. The molecule has 306 valence electrons. The number of ketones is 3. The molecule has 0 spiro atoms. The number of carboxylic acids is 2. The second-order valence-corrected chi connectivity index (χ2v) is 14.1. The first-order valence-corrected chi connectivity index (χ1v) is 18.0. The van der Waals surface area contributed by atoms with E-state index in [2.05, 4.69) is 25.3 Å². The molecule has 4 amide bonds. The molecule has 0 radical (unpaired) electrons.